The molecule has 0 aliphatic carbocycles. The zero-order chi connectivity index (χ0) is 21.8. The van der Waals surface area contributed by atoms with E-state index in [0.717, 1.165) is 42.6 Å². The SMILES string of the molecule is CC(O)CC(C)O.[CH2-][N+]1=C(c2[c-]cccc2)OCC1.[Ir+3].[c-]1ccccc1C1=NCCO1. The monoisotopic (exact) mass is 603 g/mol. The van der Waals surface area contributed by atoms with Gasteiger partial charge in [0.05, 0.1) is 25.4 Å². The number of rotatable bonds is 4. The van der Waals surface area contributed by atoms with Gasteiger partial charge in [0.1, 0.15) is 12.5 Å². The predicted octanol–water partition coefficient (Wildman–Crippen LogP) is 2.47. The van der Waals surface area contributed by atoms with Gasteiger partial charge in [0.2, 0.25) is 0 Å². The molecule has 0 radical (unpaired) electrons. The molecule has 2 aromatic rings. The molecule has 2 heterocycles. The predicted molar refractivity (Wildman–Crippen MR) is 116 cm³/mol. The number of hydrogen-bond donors (Lipinski definition) is 2. The average Bonchev–Trinajstić information content (AvgIpc) is 3.41. The van der Waals surface area contributed by atoms with E-state index in [1.54, 1.807) is 13.8 Å². The summed E-state index contributed by atoms with van der Waals surface area (Å²) in [6.45, 7) is 6.38. The fraction of sp³-hybridized carbons (Fsp3) is 0.375. The van der Waals surface area contributed by atoms with Crippen LogP contribution < -0.4 is 0 Å². The van der Waals surface area contributed by atoms with Gasteiger partial charge in [-0.1, -0.05) is 5.56 Å². The normalized spacial score (nSPS) is 16.2. The number of nitrogens with zero attached hydrogens (tertiary/aromatic N) is 2. The number of hydrogen-bond acceptors (Lipinski definition) is 5. The number of benzene rings is 2. The maximum Gasteiger partial charge on any atom is 3.00 e. The Morgan fingerprint density at radius 2 is 1.61 bits per heavy atom. The summed E-state index contributed by atoms with van der Waals surface area (Å²) >= 11 is 0. The molecule has 0 saturated carbocycles. The largest absolute Gasteiger partial charge is 3.00 e. The van der Waals surface area contributed by atoms with Gasteiger partial charge in [0.25, 0.3) is 5.90 Å². The Morgan fingerprint density at radius 1 is 1.00 bits per heavy atom. The van der Waals surface area contributed by atoms with Crippen LogP contribution in [-0.2, 0) is 29.6 Å². The van der Waals surface area contributed by atoms with Crippen molar-refractivity contribution in [3.63, 3.8) is 0 Å². The van der Waals surface area contributed by atoms with Gasteiger partial charge < -0.3 is 19.7 Å². The summed E-state index contributed by atoms with van der Waals surface area (Å²) in [7, 11) is 3.85. The third kappa shape index (κ3) is 10.1. The Hall–Kier alpha value is -2.18. The van der Waals surface area contributed by atoms with Crippen molar-refractivity contribution in [1.29, 1.82) is 0 Å². The van der Waals surface area contributed by atoms with Crippen LogP contribution in [-0.4, -0.2) is 65.1 Å². The van der Waals surface area contributed by atoms with E-state index in [0.29, 0.717) is 13.0 Å². The summed E-state index contributed by atoms with van der Waals surface area (Å²) < 4.78 is 12.5. The van der Waals surface area contributed by atoms with E-state index in [9.17, 15) is 0 Å². The van der Waals surface area contributed by atoms with Crippen LogP contribution in [0.2, 0.25) is 0 Å². The maximum absolute atomic E-state index is 8.56. The third-order valence-electron chi connectivity index (χ3n) is 4.03. The molecule has 6 nitrogen and oxygen atoms in total. The van der Waals surface area contributed by atoms with Crippen molar-refractivity contribution < 1.29 is 44.4 Å². The van der Waals surface area contributed by atoms with Gasteiger partial charge in [-0.2, -0.15) is 0 Å². The van der Waals surface area contributed by atoms with Crippen molar-refractivity contribution in [3.8, 4) is 0 Å². The molecule has 0 spiro atoms. The first-order chi connectivity index (χ1) is 14.5. The molecule has 0 fully saturated rings. The minimum Gasteiger partial charge on any atom is -0.518 e. The van der Waals surface area contributed by atoms with Crippen LogP contribution in [0.3, 0.4) is 0 Å². The minimum atomic E-state index is -0.375. The van der Waals surface area contributed by atoms with Crippen LogP contribution >= 0.6 is 0 Å². The van der Waals surface area contributed by atoms with E-state index >= 15 is 0 Å². The Bertz CT molecular complexity index is 803. The second-order valence-corrected chi connectivity index (χ2v) is 6.94. The van der Waals surface area contributed by atoms with Crippen LogP contribution in [0.1, 0.15) is 31.4 Å². The van der Waals surface area contributed by atoms with Crippen LogP contribution in [0.25, 0.3) is 0 Å². The Balaban J connectivity index is 0.000000238. The van der Waals surface area contributed by atoms with Crippen molar-refractivity contribution >= 4 is 11.8 Å². The summed E-state index contributed by atoms with van der Waals surface area (Å²) in [6, 6.07) is 21.6. The fourth-order valence-corrected chi connectivity index (χ4v) is 2.74. The topological polar surface area (TPSA) is 74.3 Å². The van der Waals surface area contributed by atoms with Crippen LogP contribution in [0.4, 0.5) is 0 Å². The van der Waals surface area contributed by atoms with Gasteiger partial charge in [-0.25, -0.2) is 0 Å². The minimum absolute atomic E-state index is 0. The summed E-state index contributed by atoms with van der Waals surface area (Å²) in [5.41, 5.74) is 1.93. The Labute approximate surface area is 198 Å². The average molecular weight is 603 g/mol. The second-order valence-electron chi connectivity index (χ2n) is 6.94. The summed E-state index contributed by atoms with van der Waals surface area (Å²) in [4.78, 5) is 4.17. The first kappa shape index (κ1) is 26.9. The molecule has 31 heavy (non-hydrogen) atoms. The molecule has 2 N–H and O–H groups in total. The van der Waals surface area contributed by atoms with Crippen molar-refractivity contribution in [2.24, 2.45) is 4.99 Å². The smallest absolute Gasteiger partial charge is 0.518 e. The molecule has 0 aromatic heterocycles. The number of ether oxygens (including phenoxy) is 2. The summed E-state index contributed by atoms with van der Waals surface area (Å²) in [6.07, 6.45) is -0.278. The molecule has 2 aliphatic rings. The van der Waals surface area contributed by atoms with E-state index in [2.05, 4.69) is 24.2 Å². The number of aliphatic imine (C=N–C) groups is 1. The Kier molecular flexibility index (Phi) is 12.8. The van der Waals surface area contributed by atoms with Crippen LogP contribution in [0, 0.1) is 19.2 Å². The fourth-order valence-electron chi connectivity index (χ4n) is 2.74. The molecule has 7 heteroatoms. The molecule has 168 valence electrons. The molecular weight excluding hydrogens is 572 g/mol. The van der Waals surface area contributed by atoms with E-state index in [4.69, 9.17) is 19.7 Å². The first-order valence-corrected chi connectivity index (χ1v) is 10.0. The zero-order valence-electron chi connectivity index (χ0n) is 18.0. The van der Waals surface area contributed by atoms with Gasteiger partial charge in [0, 0.05) is 7.05 Å². The zero-order valence-corrected chi connectivity index (χ0v) is 20.3. The molecule has 4 rings (SSSR count). The van der Waals surface area contributed by atoms with Crippen molar-refractivity contribution in [2.45, 2.75) is 32.5 Å². The summed E-state index contributed by atoms with van der Waals surface area (Å²) in [5, 5.41) is 17.1. The van der Waals surface area contributed by atoms with Crippen molar-refractivity contribution in [1.82, 2.24) is 0 Å². The maximum atomic E-state index is 8.56. The number of aliphatic hydroxyl groups excluding tert-OH is 2. The van der Waals surface area contributed by atoms with Crippen molar-refractivity contribution in [2.75, 3.05) is 26.3 Å². The standard InChI is InChI=1S/C10H10NO.C9H8NO.C5H12O2.Ir/c1-11-7-8-12-10(11)9-5-3-2-4-6-9;1-2-4-8(5-3-1)9-10-6-7-11-9;1-4(6)3-5(2)7;/h2-5H,1,7-8H2;1-4H,6-7H2;4-7H,3H2,1-2H3;/q2*-1;;+3. The second kappa shape index (κ2) is 14.8. The van der Waals surface area contributed by atoms with Crippen molar-refractivity contribution in [3.05, 3.63) is 78.8 Å². The van der Waals surface area contributed by atoms with E-state index in [-0.39, 0.29) is 32.3 Å². The van der Waals surface area contributed by atoms with Gasteiger partial charge in [-0.05, 0) is 25.8 Å². The van der Waals surface area contributed by atoms with Gasteiger partial charge in [-0.3, -0.25) is 9.57 Å². The van der Waals surface area contributed by atoms with Gasteiger partial charge >= 0.3 is 20.1 Å². The molecule has 0 saturated heterocycles. The quantitative estimate of drug-likeness (QED) is 0.417. The molecule has 0 bridgehead atoms. The molecule has 2 aromatic carbocycles. The van der Waals surface area contributed by atoms with Crippen LogP contribution in [0.5, 0.6) is 0 Å². The summed E-state index contributed by atoms with van der Waals surface area (Å²) in [5.74, 6) is 1.56. The molecule has 2 aliphatic heterocycles. The molecular formula is C24H30IrN2O4+. The first-order valence-electron chi connectivity index (χ1n) is 10.0. The Morgan fingerprint density at radius 3 is 2.00 bits per heavy atom. The van der Waals surface area contributed by atoms with E-state index in [1.807, 2.05) is 53.1 Å². The van der Waals surface area contributed by atoms with E-state index < -0.39 is 0 Å². The molecule has 2 unspecified atom stereocenters. The molecule has 2 atom stereocenters. The third-order valence-corrected chi connectivity index (χ3v) is 4.03. The molecule has 0 amide bonds. The van der Waals surface area contributed by atoms with Gasteiger partial charge in [0.15, 0.2) is 6.54 Å². The van der Waals surface area contributed by atoms with Crippen LogP contribution in [0.15, 0.2) is 53.5 Å². The number of aliphatic hydroxyl groups is 2. The van der Waals surface area contributed by atoms with Gasteiger partial charge in [-0.15, -0.1) is 60.7 Å². The van der Waals surface area contributed by atoms with E-state index in [1.165, 1.54) is 0 Å².